The summed E-state index contributed by atoms with van der Waals surface area (Å²) >= 11 is 0. The molecule has 1 atom stereocenters. The minimum atomic E-state index is -4.53. The first-order valence-corrected chi connectivity index (χ1v) is 10.7. The van der Waals surface area contributed by atoms with Crippen LogP contribution in [0.2, 0.25) is 0 Å². The van der Waals surface area contributed by atoms with Gasteiger partial charge in [-0.2, -0.15) is 13.2 Å². The lowest BCUT2D eigenvalue weighted by Crippen LogP contribution is -2.54. The zero-order valence-electron chi connectivity index (χ0n) is 17.4. The van der Waals surface area contributed by atoms with E-state index >= 15 is 0 Å². The van der Waals surface area contributed by atoms with Gasteiger partial charge in [0.2, 0.25) is 11.8 Å². The van der Waals surface area contributed by atoms with Crippen LogP contribution in [0.5, 0.6) is 0 Å². The molecule has 0 radical (unpaired) electrons. The van der Waals surface area contributed by atoms with Gasteiger partial charge in [-0.25, -0.2) is 0 Å². The largest absolute Gasteiger partial charge is 0.418 e. The van der Waals surface area contributed by atoms with Crippen LogP contribution in [0.25, 0.3) is 0 Å². The molecule has 0 spiro atoms. The van der Waals surface area contributed by atoms with Gasteiger partial charge in [-0.05, 0) is 37.8 Å². The van der Waals surface area contributed by atoms with E-state index in [2.05, 4.69) is 5.32 Å². The molecule has 0 aromatic heterocycles. The summed E-state index contributed by atoms with van der Waals surface area (Å²) in [6.45, 7) is 3.84. The lowest BCUT2D eigenvalue weighted by atomic mass is 9.86. The number of para-hydroxylation sites is 1. The fourth-order valence-corrected chi connectivity index (χ4v) is 4.37. The van der Waals surface area contributed by atoms with E-state index in [1.807, 2.05) is 9.80 Å². The molecule has 1 aliphatic heterocycles. The number of carbonyl (C=O) groups is 2. The molecule has 2 aliphatic rings. The van der Waals surface area contributed by atoms with Crippen LogP contribution < -0.4 is 5.32 Å². The van der Waals surface area contributed by atoms with Gasteiger partial charge in [-0.1, -0.05) is 31.4 Å². The number of alkyl halides is 3. The minimum absolute atomic E-state index is 0.178. The van der Waals surface area contributed by atoms with Gasteiger partial charge in [0.05, 0.1) is 17.3 Å². The molecule has 1 aliphatic carbocycles. The first kappa shape index (κ1) is 22.6. The highest BCUT2D eigenvalue weighted by Gasteiger charge is 2.34. The van der Waals surface area contributed by atoms with Gasteiger partial charge >= 0.3 is 6.18 Å². The molecule has 1 saturated carbocycles. The van der Waals surface area contributed by atoms with E-state index in [0.29, 0.717) is 38.5 Å². The molecule has 5 nitrogen and oxygen atoms in total. The van der Waals surface area contributed by atoms with Gasteiger partial charge in [-0.15, -0.1) is 0 Å². The molecular weight excluding hydrogens is 395 g/mol. The van der Waals surface area contributed by atoms with Gasteiger partial charge in [-0.3, -0.25) is 14.5 Å². The maximum absolute atomic E-state index is 13.1. The number of anilines is 1. The number of benzene rings is 1. The monoisotopic (exact) mass is 425 g/mol. The van der Waals surface area contributed by atoms with Crippen molar-refractivity contribution in [1.29, 1.82) is 0 Å². The van der Waals surface area contributed by atoms with Crippen molar-refractivity contribution in [3.8, 4) is 0 Å². The zero-order valence-corrected chi connectivity index (χ0v) is 17.4. The molecule has 3 rings (SSSR count). The number of amides is 2. The van der Waals surface area contributed by atoms with Gasteiger partial charge in [0.15, 0.2) is 0 Å². The zero-order chi connectivity index (χ0) is 21.7. The SMILES string of the molecule is CC(C(=O)Nc1ccccc1C(F)(F)F)N1CCN(C(=O)CC2CCCCC2)CC1. The average Bonchev–Trinajstić information content (AvgIpc) is 2.73. The van der Waals surface area contributed by atoms with E-state index in [4.69, 9.17) is 0 Å². The first-order chi connectivity index (χ1) is 14.3. The number of piperazine rings is 1. The minimum Gasteiger partial charge on any atom is -0.340 e. The molecule has 0 bridgehead atoms. The van der Waals surface area contributed by atoms with E-state index in [-0.39, 0.29) is 11.6 Å². The third-order valence-corrected chi connectivity index (χ3v) is 6.27. The Balaban J connectivity index is 1.51. The fraction of sp³-hybridized carbons (Fsp3) is 0.636. The molecule has 2 fully saturated rings. The number of hydrogen-bond donors (Lipinski definition) is 1. The lowest BCUT2D eigenvalue weighted by Gasteiger charge is -2.38. The molecule has 1 N–H and O–H groups in total. The van der Waals surface area contributed by atoms with Crippen LogP contribution in [0.15, 0.2) is 24.3 Å². The van der Waals surface area contributed by atoms with E-state index in [9.17, 15) is 22.8 Å². The Bertz CT molecular complexity index is 739. The molecule has 2 amide bonds. The number of carbonyl (C=O) groups excluding carboxylic acids is 2. The molecule has 1 aromatic carbocycles. The smallest absolute Gasteiger partial charge is 0.340 e. The fourth-order valence-electron chi connectivity index (χ4n) is 4.37. The molecule has 1 heterocycles. The van der Waals surface area contributed by atoms with Crippen LogP contribution in [0.1, 0.15) is 51.0 Å². The summed E-state index contributed by atoms with van der Waals surface area (Å²) in [5, 5.41) is 2.42. The van der Waals surface area contributed by atoms with Crippen LogP contribution in [0.4, 0.5) is 18.9 Å². The van der Waals surface area contributed by atoms with Crippen molar-refractivity contribution in [1.82, 2.24) is 9.80 Å². The second kappa shape index (κ2) is 9.81. The van der Waals surface area contributed by atoms with Crippen molar-refractivity contribution in [3.63, 3.8) is 0 Å². The molecule has 8 heteroatoms. The number of rotatable bonds is 5. The number of nitrogens with one attached hydrogen (secondary N) is 1. The quantitative estimate of drug-likeness (QED) is 0.771. The van der Waals surface area contributed by atoms with Gasteiger partial charge < -0.3 is 10.2 Å². The van der Waals surface area contributed by atoms with Crippen molar-refractivity contribution >= 4 is 17.5 Å². The van der Waals surface area contributed by atoms with Crippen LogP contribution >= 0.6 is 0 Å². The van der Waals surface area contributed by atoms with E-state index < -0.39 is 23.7 Å². The normalized spacial score (nSPS) is 20.1. The van der Waals surface area contributed by atoms with Crippen molar-refractivity contribution in [2.45, 2.75) is 57.7 Å². The Hall–Kier alpha value is -2.09. The Morgan fingerprint density at radius 2 is 1.70 bits per heavy atom. The van der Waals surface area contributed by atoms with Gasteiger partial charge in [0, 0.05) is 32.6 Å². The molecule has 30 heavy (non-hydrogen) atoms. The second-order valence-electron chi connectivity index (χ2n) is 8.33. The van der Waals surface area contributed by atoms with Gasteiger partial charge in [0.25, 0.3) is 0 Å². The highest BCUT2D eigenvalue weighted by Crippen LogP contribution is 2.34. The van der Waals surface area contributed by atoms with Crippen LogP contribution in [-0.2, 0) is 15.8 Å². The Kier molecular flexibility index (Phi) is 7.39. The number of nitrogens with zero attached hydrogens (tertiary/aromatic N) is 2. The molecule has 1 aromatic rings. The van der Waals surface area contributed by atoms with Crippen molar-refractivity contribution in [2.24, 2.45) is 5.92 Å². The predicted molar refractivity (Wildman–Crippen MR) is 109 cm³/mol. The summed E-state index contributed by atoms with van der Waals surface area (Å²) in [4.78, 5) is 28.9. The second-order valence-corrected chi connectivity index (χ2v) is 8.33. The summed E-state index contributed by atoms with van der Waals surface area (Å²) < 4.78 is 39.4. The molecule has 1 saturated heterocycles. The summed E-state index contributed by atoms with van der Waals surface area (Å²) in [6.07, 6.45) is 1.99. The Labute approximate surface area is 175 Å². The average molecular weight is 425 g/mol. The van der Waals surface area contributed by atoms with E-state index in [1.165, 1.54) is 37.5 Å². The maximum Gasteiger partial charge on any atom is 0.418 e. The van der Waals surface area contributed by atoms with E-state index in [0.717, 1.165) is 18.9 Å². The molecule has 1 unspecified atom stereocenters. The Morgan fingerprint density at radius 1 is 1.07 bits per heavy atom. The van der Waals surface area contributed by atoms with Crippen LogP contribution in [0.3, 0.4) is 0 Å². The highest BCUT2D eigenvalue weighted by molar-refractivity contribution is 5.95. The summed E-state index contributed by atoms with van der Waals surface area (Å²) in [5.74, 6) is 0.189. The molecule has 166 valence electrons. The van der Waals surface area contributed by atoms with Crippen LogP contribution in [0, 0.1) is 5.92 Å². The van der Waals surface area contributed by atoms with Crippen LogP contribution in [-0.4, -0.2) is 53.8 Å². The Morgan fingerprint density at radius 3 is 2.33 bits per heavy atom. The summed E-state index contributed by atoms with van der Waals surface area (Å²) in [5.41, 5.74) is -1.09. The summed E-state index contributed by atoms with van der Waals surface area (Å²) in [6, 6.07) is 4.39. The van der Waals surface area contributed by atoms with Gasteiger partial charge in [0.1, 0.15) is 0 Å². The van der Waals surface area contributed by atoms with Crippen molar-refractivity contribution in [3.05, 3.63) is 29.8 Å². The third kappa shape index (κ3) is 5.74. The third-order valence-electron chi connectivity index (χ3n) is 6.27. The van der Waals surface area contributed by atoms with Crippen molar-refractivity contribution in [2.75, 3.05) is 31.5 Å². The lowest BCUT2D eigenvalue weighted by molar-refractivity contribution is -0.137. The predicted octanol–water partition coefficient (Wildman–Crippen LogP) is 4.15. The number of halogens is 3. The summed E-state index contributed by atoms with van der Waals surface area (Å²) in [7, 11) is 0. The molecular formula is C22H30F3N3O2. The topological polar surface area (TPSA) is 52.7 Å². The maximum atomic E-state index is 13.1. The first-order valence-electron chi connectivity index (χ1n) is 10.7. The highest BCUT2D eigenvalue weighted by atomic mass is 19.4. The van der Waals surface area contributed by atoms with E-state index in [1.54, 1.807) is 6.92 Å². The number of hydrogen-bond acceptors (Lipinski definition) is 3. The van der Waals surface area contributed by atoms with Crippen molar-refractivity contribution < 1.29 is 22.8 Å². The standard InChI is InChI=1S/C22H30F3N3O2/c1-16(21(30)26-19-10-6-5-9-18(19)22(23,24)25)27-11-13-28(14-12-27)20(29)15-17-7-3-2-4-8-17/h5-6,9-10,16-17H,2-4,7-8,11-15H2,1H3,(H,26,30).